The first kappa shape index (κ1) is 14.4. The molecule has 4 heteroatoms. The third-order valence-corrected chi connectivity index (χ3v) is 3.79. The summed E-state index contributed by atoms with van der Waals surface area (Å²) >= 11 is 0. The Hall–Kier alpha value is -1.03. The van der Waals surface area contributed by atoms with Gasteiger partial charge in [-0.15, -0.1) is 0 Å². The SMILES string of the molecule is CCCCO[C@H]1C[C@@H](n2nc(N)cc2C(C)(C)C)C1. The largest absolute Gasteiger partial charge is 0.382 e. The van der Waals surface area contributed by atoms with Crippen LogP contribution in [-0.4, -0.2) is 22.5 Å². The van der Waals surface area contributed by atoms with Gasteiger partial charge in [-0.2, -0.15) is 5.10 Å². The van der Waals surface area contributed by atoms with Crippen LogP contribution in [0, 0.1) is 0 Å². The van der Waals surface area contributed by atoms with Gasteiger partial charge in [0.15, 0.2) is 0 Å². The predicted molar refractivity (Wildman–Crippen MR) is 78.3 cm³/mol. The highest BCUT2D eigenvalue weighted by Gasteiger charge is 2.35. The standard InChI is InChI=1S/C15H27N3O/c1-5-6-7-19-12-8-11(9-12)18-13(15(2,3)4)10-14(16)17-18/h10-12H,5-9H2,1-4H3,(H2,16,17)/t11-,12+. The van der Waals surface area contributed by atoms with Gasteiger partial charge in [0.05, 0.1) is 12.1 Å². The average Bonchev–Trinajstić information content (AvgIpc) is 2.63. The molecule has 108 valence electrons. The fourth-order valence-electron chi connectivity index (χ4n) is 2.52. The lowest BCUT2D eigenvalue weighted by Crippen LogP contribution is -2.36. The van der Waals surface area contributed by atoms with Crippen molar-refractivity contribution in [2.45, 2.75) is 70.9 Å². The van der Waals surface area contributed by atoms with Crippen LogP contribution < -0.4 is 5.73 Å². The van der Waals surface area contributed by atoms with Gasteiger partial charge in [0.25, 0.3) is 0 Å². The molecule has 0 aliphatic heterocycles. The summed E-state index contributed by atoms with van der Waals surface area (Å²) in [7, 11) is 0. The van der Waals surface area contributed by atoms with E-state index in [1.807, 2.05) is 6.07 Å². The van der Waals surface area contributed by atoms with E-state index >= 15 is 0 Å². The van der Waals surface area contributed by atoms with Crippen molar-refractivity contribution in [2.24, 2.45) is 0 Å². The first-order valence-electron chi connectivity index (χ1n) is 7.39. The van der Waals surface area contributed by atoms with Crippen LogP contribution in [0.2, 0.25) is 0 Å². The van der Waals surface area contributed by atoms with Crippen molar-refractivity contribution in [1.82, 2.24) is 9.78 Å². The van der Waals surface area contributed by atoms with Crippen molar-refractivity contribution in [3.05, 3.63) is 11.8 Å². The number of aromatic nitrogens is 2. The van der Waals surface area contributed by atoms with Crippen LogP contribution in [0.25, 0.3) is 0 Å². The maximum atomic E-state index is 5.86. The summed E-state index contributed by atoms with van der Waals surface area (Å²) in [5.41, 5.74) is 7.17. The molecule has 1 aliphatic rings. The second-order valence-corrected chi connectivity index (χ2v) is 6.62. The Balaban J connectivity index is 1.94. The molecule has 19 heavy (non-hydrogen) atoms. The summed E-state index contributed by atoms with van der Waals surface area (Å²) in [6, 6.07) is 2.46. The van der Waals surface area contributed by atoms with Crippen molar-refractivity contribution in [3.63, 3.8) is 0 Å². The van der Waals surface area contributed by atoms with Crippen molar-refractivity contribution in [1.29, 1.82) is 0 Å². The molecule has 0 unspecified atom stereocenters. The van der Waals surface area contributed by atoms with Crippen molar-refractivity contribution in [3.8, 4) is 0 Å². The zero-order chi connectivity index (χ0) is 14.0. The smallest absolute Gasteiger partial charge is 0.145 e. The van der Waals surface area contributed by atoms with Gasteiger partial charge in [0.1, 0.15) is 5.82 Å². The average molecular weight is 265 g/mol. The van der Waals surface area contributed by atoms with Crippen molar-refractivity contribution >= 4 is 5.82 Å². The molecule has 0 radical (unpaired) electrons. The number of anilines is 1. The van der Waals surface area contributed by atoms with E-state index in [0.717, 1.165) is 25.9 Å². The lowest BCUT2D eigenvalue weighted by atomic mass is 9.86. The Morgan fingerprint density at radius 1 is 1.42 bits per heavy atom. The van der Waals surface area contributed by atoms with Gasteiger partial charge in [0, 0.05) is 23.8 Å². The molecule has 1 aromatic heterocycles. The van der Waals surface area contributed by atoms with Crippen LogP contribution >= 0.6 is 0 Å². The molecule has 0 amide bonds. The first-order chi connectivity index (χ1) is 8.91. The summed E-state index contributed by atoms with van der Waals surface area (Å²) in [6.45, 7) is 9.69. The topological polar surface area (TPSA) is 53.1 Å². The van der Waals surface area contributed by atoms with E-state index in [1.54, 1.807) is 0 Å². The molecule has 0 saturated heterocycles. The molecular formula is C15H27N3O. The predicted octanol–water partition coefficient (Wildman–Crippen LogP) is 3.28. The van der Waals surface area contributed by atoms with Gasteiger partial charge in [-0.3, -0.25) is 4.68 Å². The molecule has 1 aromatic rings. The second kappa shape index (κ2) is 5.53. The van der Waals surface area contributed by atoms with E-state index in [9.17, 15) is 0 Å². The monoisotopic (exact) mass is 265 g/mol. The van der Waals surface area contributed by atoms with Crippen molar-refractivity contribution in [2.75, 3.05) is 12.3 Å². The van der Waals surface area contributed by atoms with Crippen LogP contribution in [0.1, 0.15) is 65.1 Å². The Labute approximate surface area is 116 Å². The zero-order valence-electron chi connectivity index (χ0n) is 12.6. The number of hydrogen-bond acceptors (Lipinski definition) is 3. The highest BCUT2D eigenvalue weighted by molar-refractivity contribution is 5.33. The van der Waals surface area contributed by atoms with Gasteiger partial charge < -0.3 is 10.5 Å². The van der Waals surface area contributed by atoms with Crippen LogP contribution in [0.3, 0.4) is 0 Å². The third-order valence-electron chi connectivity index (χ3n) is 3.79. The van der Waals surface area contributed by atoms with Gasteiger partial charge in [-0.25, -0.2) is 0 Å². The Morgan fingerprint density at radius 3 is 2.68 bits per heavy atom. The van der Waals surface area contributed by atoms with E-state index in [2.05, 4.69) is 37.5 Å². The summed E-state index contributed by atoms with van der Waals surface area (Å²) in [5.74, 6) is 0.625. The van der Waals surface area contributed by atoms with Gasteiger partial charge in [0.2, 0.25) is 0 Å². The molecule has 1 fully saturated rings. The van der Waals surface area contributed by atoms with Crippen LogP contribution in [0.15, 0.2) is 6.07 Å². The minimum atomic E-state index is 0.0821. The van der Waals surface area contributed by atoms with E-state index in [0.29, 0.717) is 18.0 Å². The lowest BCUT2D eigenvalue weighted by molar-refractivity contribution is -0.0307. The minimum Gasteiger partial charge on any atom is -0.382 e. The molecule has 0 atom stereocenters. The fraction of sp³-hybridized carbons (Fsp3) is 0.800. The quantitative estimate of drug-likeness (QED) is 0.831. The van der Waals surface area contributed by atoms with Gasteiger partial charge >= 0.3 is 0 Å². The number of nitrogens with zero attached hydrogens (tertiary/aromatic N) is 2. The molecule has 1 heterocycles. The third kappa shape index (κ3) is 3.30. The first-order valence-corrected chi connectivity index (χ1v) is 7.39. The number of hydrogen-bond donors (Lipinski definition) is 1. The molecule has 2 rings (SSSR count). The van der Waals surface area contributed by atoms with Gasteiger partial charge in [-0.05, 0) is 19.3 Å². The lowest BCUT2D eigenvalue weighted by Gasteiger charge is -2.37. The number of rotatable bonds is 5. The van der Waals surface area contributed by atoms with Crippen LogP contribution in [0.4, 0.5) is 5.82 Å². The summed E-state index contributed by atoms with van der Waals surface area (Å²) < 4.78 is 7.95. The highest BCUT2D eigenvalue weighted by Crippen LogP contribution is 2.38. The Kier molecular flexibility index (Phi) is 4.19. The summed E-state index contributed by atoms with van der Waals surface area (Å²) in [5, 5.41) is 4.47. The minimum absolute atomic E-state index is 0.0821. The molecule has 0 spiro atoms. The molecular weight excluding hydrogens is 238 g/mol. The summed E-state index contributed by atoms with van der Waals surface area (Å²) in [6.07, 6.45) is 4.89. The molecule has 4 nitrogen and oxygen atoms in total. The maximum absolute atomic E-state index is 5.86. The van der Waals surface area contributed by atoms with E-state index < -0.39 is 0 Å². The van der Waals surface area contributed by atoms with Gasteiger partial charge in [-0.1, -0.05) is 34.1 Å². The Morgan fingerprint density at radius 2 is 2.11 bits per heavy atom. The molecule has 0 bridgehead atoms. The zero-order valence-corrected chi connectivity index (χ0v) is 12.6. The fourth-order valence-corrected chi connectivity index (χ4v) is 2.52. The van der Waals surface area contributed by atoms with Crippen LogP contribution in [0.5, 0.6) is 0 Å². The van der Waals surface area contributed by atoms with Crippen molar-refractivity contribution < 1.29 is 4.74 Å². The molecule has 2 N–H and O–H groups in total. The highest BCUT2D eigenvalue weighted by atomic mass is 16.5. The molecule has 1 aliphatic carbocycles. The van der Waals surface area contributed by atoms with Crippen LogP contribution in [-0.2, 0) is 10.2 Å². The van der Waals surface area contributed by atoms with E-state index in [4.69, 9.17) is 10.5 Å². The maximum Gasteiger partial charge on any atom is 0.145 e. The second-order valence-electron chi connectivity index (χ2n) is 6.62. The number of ether oxygens (including phenoxy) is 1. The molecule has 1 saturated carbocycles. The number of unbranched alkanes of at least 4 members (excludes halogenated alkanes) is 1. The number of nitrogens with two attached hydrogens (primary N) is 1. The molecule has 0 aromatic carbocycles. The normalized spacial score (nSPS) is 23.4. The Bertz CT molecular complexity index is 414. The summed E-state index contributed by atoms with van der Waals surface area (Å²) in [4.78, 5) is 0. The number of nitrogen functional groups attached to an aromatic ring is 1. The van der Waals surface area contributed by atoms with E-state index in [-0.39, 0.29) is 5.41 Å². The van der Waals surface area contributed by atoms with E-state index in [1.165, 1.54) is 12.1 Å².